The number of carboxylic acid groups (broad SMARTS) is 1. The number of likely N-dealkylation sites (tertiary alicyclic amines) is 1. The van der Waals surface area contributed by atoms with Crippen molar-refractivity contribution < 1.29 is 9.90 Å². The maximum Gasteiger partial charge on any atom is 0.325 e. The van der Waals surface area contributed by atoms with E-state index in [1.54, 1.807) is 24.5 Å². The van der Waals surface area contributed by atoms with Crippen molar-refractivity contribution in [1.82, 2.24) is 19.7 Å². The highest BCUT2D eigenvalue weighted by molar-refractivity contribution is 6.30. The van der Waals surface area contributed by atoms with E-state index in [9.17, 15) is 9.90 Å². The molecule has 2 unspecified atom stereocenters. The summed E-state index contributed by atoms with van der Waals surface area (Å²) in [5.41, 5.74) is 0.708. The van der Waals surface area contributed by atoms with E-state index in [1.807, 2.05) is 15.6 Å². The van der Waals surface area contributed by atoms with Crippen LogP contribution in [0.5, 0.6) is 0 Å². The molecular formula is C15H17ClN4O2. The van der Waals surface area contributed by atoms with Gasteiger partial charge >= 0.3 is 5.97 Å². The van der Waals surface area contributed by atoms with E-state index in [4.69, 9.17) is 11.6 Å². The predicted molar refractivity (Wildman–Crippen MR) is 81.7 cm³/mol. The number of hydrogen-bond donors (Lipinski definition) is 1. The molecule has 1 aliphatic heterocycles. The summed E-state index contributed by atoms with van der Waals surface area (Å²) in [5, 5.41) is 14.4. The average Bonchev–Trinajstić information content (AvgIpc) is 3.02. The monoisotopic (exact) mass is 320 g/mol. The van der Waals surface area contributed by atoms with Crippen LogP contribution in [-0.4, -0.2) is 43.8 Å². The fraction of sp³-hybridized carbons (Fsp3) is 0.400. The Bertz CT molecular complexity index is 647. The first-order valence-corrected chi connectivity index (χ1v) is 7.59. The number of piperidine rings is 1. The molecule has 2 aromatic rings. The third-order valence-corrected chi connectivity index (χ3v) is 4.24. The zero-order chi connectivity index (χ0) is 15.5. The molecule has 0 aliphatic carbocycles. The Balaban J connectivity index is 1.84. The second-order valence-electron chi connectivity index (χ2n) is 5.46. The zero-order valence-electron chi connectivity index (χ0n) is 12.0. The van der Waals surface area contributed by atoms with Crippen molar-refractivity contribution in [1.29, 1.82) is 0 Å². The summed E-state index contributed by atoms with van der Waals surface area (Å²) >= 11 is 6.01. The van der Waals surface area contributed by atoms with Crippen molar-refractivity contribution in [3.05, 3.63) is 47.5 Å². The van der Waals surface area contributed by atoms with E-state index in [-0.39, 0.29) is 6.04 Å². The topological polar surface area (TPSA) is 71.2 Å². The van der Waals surface area contributed by atoms with Gasteiger partial charge in [0.05, 0.1) is 6.04 Å². The van der Waals surface area contributed by atoms with Crippen LogP contribution in [0.1, 0.15) is 30.5 Å². The predicted octanol–water partition coefficient (Wildman–Crippen LogP) is 2.39. The summed E-state index contributed by atoms with van der Waals surface area (Å²) in [4.78, 5) is 17.7. The molecule has 22 heavy (non-hydrogen) atoms. The third kappa shape index (κ3) is 3.13. The molecule has 6 nitrogen and oxygen atoms in total. The third-order valence-electron chi connectivity index (χ3n) is 4.00. The molecule has 0 amide bonds. The number of rotatable bonds is 4. The fourth-order valence-electron chi connectivity index (χ4n) is 3.03. The number of hydrogen-bond acceptors (Lipinski definition) is 4. The van der Waals surface area contributed by atoms with Crippen LogP contribution in [0.2, 0.25) is 5.02 Å². The summed E-state index contributed by atoms with van der Waals surface area (Å²) in [6.07, 6.45) is 5.09. The lowest BCUT2D eigenvalue weighted by atomic mass is 9.99. The van der Waals surface area contributed by atoms with Crippen molar-refractivity contribution in [3.63, 3.8) is 0 Å². The van der Waals surface area contributed by atoms with Gasteiger partial charge in [0.1, 0.15) is 18.7 Å². The van der Waals surface area contributed by atoms with Crippen molar-refractivity contribution >= 4 is 17.6 Å². The van der Waals surface area contributed by atoms with Crippen LogP contribution in [0.3, 0.4) is 0 Å². The van der Waals surface area contributed by atoms with E-state index in [0.717, 1.165) is 19.4 Å². The van der Waals surface area contributed by atoms with Gasteiger partial charge < -0.3 is 5.11 Å². The quantitative estimate of drug-likeness (QED) is 0.936. The first-order chi connectivity index (χ1) is 10.6. The molecule has 1 aliphatic rings. The number of nitrogens with zero attached hydrogens (tertiary/aromatic N) is 4. The van der Waals surface area contributed by atoms with Crippen molar-refractivity contribution in [2.45, 2.75) is 24.9 Å². The maximum atomic E-state index is 11.8. The molecule has 0 saturated carbocycles. The Morgan fingerprint density at radius 1 is 1.45 bits per heavy atom. The number of carbonyl (C=O) groups is 1. The molecule has 2 atom stereocenters. The Labute approximate surface area is 133 Å². The summed E-state index contributed by atoms with van der Waals surface area (Å²) in [5.74, 6) is -0.860. The van der Waals surface area contributed by atoms with Crippen molar-refractivity contribution in [2.24, 2.45) is 0 Å². The smallest absolute Gasteiger partial charge is 0.325 e. The molecule has 1 aromatic carbocycles. The van der Waals surface area contributed by atoms with Crippen LogP contribution >= 0.6 is 11.6 Å². The van der Waals surface area contributed by atoms with Gasteiger partial charge in [-0.25, -0.2) is 9.67 Å². The molecule has 7 heteroatoms. The molecule has 2 heterocycles. The normalized spacial score (nSPS) is 20.7. The molecule has 1 fully saturated rings. The SMILES string of the molecule is O=C(O)C(c1cccc(Cl)c1)N1CCCC(n2cncn2)C1. The van der Waals surface area contributed by atoms with Crippen LogP contribution < -0.4 is 0 Å². The number of halogens is 1. The lowest BCUT2D eigenvalue weighted by molar-refractivity contribution is -0.144. The van der Waals surface area contributed by atoms with Crippen molar-refractivity contribution in [3.8, 4) is 0 Å². The van der Waals surface area contributed by atoms with Crippen LogP contribution in [0.15, 0.2) is 36.9 Å². The first-order valence-electron chi connectivity index (χ1n) is 7.21. The molecule has 0 radical (unpaired) electrons. The first kappa shape index (κ1) is 15.0. The minimum atomic E-state index is -0.860. The van der Waals surface area contributed by atoms with Gasteiger partial charge in [0, 0.05) is 11.6 Å². The Kier molecular flexibility index (Phi) is 4.40. The van der Waals surface area contributed by atoms with Gasteiger partial charge in [0.2, 0.25) is 0 Å². The van der Waals surface area contributed by atoms with E-state index in [0.29, 0.717) is 17.1 Å². The van der Waals surface area contributed by atoms with Gasteiger partial charge in [-0.1, -0.05) is 23.7 Å². The van der Waals surface area contributed by atoms with Crippen LogP contribution in [-0.2, 0) is 4.79 Å². The standard InChI is InChI=1S/C15H17ClN4O2/c16-12-4-1-3-11(7-12)14(15(21)22)19-6-2-5-13(8-19)20-10-17-9-18-20/h1,3-4,7,9-10,13-14H,2,5-6,8H2,(H,21,22). The number of aromatic nitrogens is 3. The second kappa shape index (κ2) is 6.46. The Morgan fingerprint density at radius 2 is 2.32 bits per heavy atom. The molecule has 1 aromatic heterocycles. The van der Waals surface area contributed by atoms with Gasteiger partial charge in [-0.05, 0) is 37.1 Å². The van der Waals surface area contributed by atoms with E-state index in [1.165, 1.54) is 6.33 Å². The highest BCUT2D eigenvalue weighted by Gasteiger charge is 2.32. The molecular weight excluding hydrogens is 304 g/mol. The average molecular weight is 321 g/mol. The van der Waals surface area contributed by atoms with Gasteiger partial charge in [0.25, 0.3) is 0 Å². The van der Waals surface area contributed by atoms with Gasteiger partial charge in [0.15, 0.2) is 0 Å². The summed E-state index contributed by atoms with van der Waals surface area (Å²) < 4.78 is 1.81. The maximum absolute atomic E-state index is 11.8. The molecule has 0 spiro atoms. The minimum absolute atomic E-state index is 0.150. The van der Waals surface area contributed by atoms with Crippen LogP contribution in [0.25, 0.3) is 0 Å². The molecule has 116 valence electrons. The fourth-order valence-corrected chi connectivity index (χ4v) is 3.22. The summed E-state index contributed by atoms with van der Waals surface area (Å²) in [7, 11) is 0. The van der Waals surface area contributed by atoms with Crippen LogP contribution in [0, 0.1) is 0 Å². The lowest BCUT2D eigenvalue weighted by Crippen LogP contribution is -2.42. The molecule has 1 N–H and O–H groups in total. The van der Waals surface area contributed by atoms with Crippen molar-refractivity contribution in [2.75, 3.05) is 13.1 Å². The number of carboxylic acids is 1. The number of aliphatic carboxylic acids is 1. The van der Waals surface area contributed by atoms with E-state index in [2.05, 4.69) is 10.1 Å². The van der Waals surface area contributed by atoms with Gasteiger partial charge in [-0.15, -0.1) is 0 Å². The van der Waals surface area contributed by atoms with E-state index >= 15 is 0 Å². The number of benzene rings is 1. The molecule has 0 bridgehead atoms. The van der Waals surface area contributed by atoms with Gasteiger partial charge in [-0.3, -0.25) is 9.69 Å². The Hall–Kier alpha value is -1.92. The van der Waals surface area contributed by atoms with Crippen LogP contribution in [0.4, 0.5) is 0 Å². The largest absolute Gasteiger partial charge is 0.480 e. The summed E-state index contributed by atoms with van der Waals surface area (Å²) in [6, 6.07) is 6.52. The lowest BCUT2D eigenvalue weighted by Gasteiger charge is -2.36. The highest BCUT2D eigenvalue weighted by atomic mass is 35.5. The van der Waals surface area contributed by atoms with Gasteiger partial charge in [-0.2, -0.15) is 5.10 Å². The molecule has 3 rings (SSSR count). The zero-order valence-corrected chi connectivity index (χ0v) is 12.7. The van der Waals surface area contributed by atoms with E-state index < -0.39 is 12.0 Å². The second-order valence-corrected chi connectivity index (χ2v) is 5.90. The Morgan fingerprint density at radius 3 is 3.00 bits per heavy atom. The molecule has 1 saturated heterocycles. The minimum Gasteiger partial charge on any atom is -0.480 e. The highest BCUT2D eigenvalue weighted by Crippen LogP contribution is 2.30. The summed E-state index contributed by atoms with van der Waals surface area (Å²) in [6.45, 7) is 1.38.